The van der Waals surface area contributed by atoms with Crippen LogP contribution in [0.1, 0.15) is 23.4 Å². The van der Waals surface area contributed by atoms with E-state index < -0.39 is 21.7 Å². The summed E-state index contributed by atoms with van der Waals surface area (Å²) in [6, 6.07) is 9.65. The summed E-state index contributed by atoms with van der Waals surface area (Å²) >= 11 is 1.07. The Balaban J connectivity index is 0.000000456. The van der Waals surface area contributed by atoms with Crippen LogP contribution in [-0.2, 0) is 9.84 Å². The molecule has 0 radical (unpaired) electrons. The molecule has 0 saturated carbocycles. The van der Waals surface area contributed by atoms with Crippen molar-refractivity contribution in [2.45, 2.75) is 13.0 Å². The molecular weight excluding hydrogens is 425 g/mol. The molecular formula is C20H20FN5O2S2. The lowest BCUT2D eigenvalue weighted by atomic mass is 10.2. The molecule has 3 aromatic rings. The number of rotatable bonds is 5. The van der Waals surface area contributed by atoms with E-state index in [9.17, 15) is 12.8 Å². The number of nitrogens with zero attached hydrogens (tertiary/aromatic N) is 4. The van der Waals surface area contributed by atoms with E-state index in [2.05, 4.69) is 15.0 Å². The molecule has 0 spiro atoms. The Morgan fingerprint density at radius 2 is 1.97 bits per heavy atom. The van der Waals surface area contributed by atoms with E-state index in [1.807, 2.05) is 24.3 Å². The largest absolute Gasteiger partial charge is 0.388 e. The molecule has 0 bridgehead atoms. The van der Waals surface area contributed by atoms with Gasteiger partial charge in [0, 0.05) is 41.5 Å². The first-order valence-corrected chi connectivity index (χ1v) is 11.5. The lowest BCUT2D eigenvalue weighted by Crippen LogP contribution is -2.16. The fraction of sp³-hybridized carbons (Fsp3) is 0.200. The van der Waals surface area contributed by atoms with E-state index in [1.54, 1.807) is 18.5 Å². The highest BCUT2D eigenvalue weighted by atomic mass is 32.2. The van der Waals surface area contributed by atoms with Gasteiger partial charge in [0.15, 0.2) is 0 Å². The van der Waals surface area contributed by atoms with Gasteiger partial charge in [0.25, 0.3) is 0 Å². The number of hydrogen-bond donors (Lipinski definition) is 1. The van der Waals surface area contributed by atoms with E-state index in [0.29, 0.717) is 16.0 Å². The van der Waals surface area contributed by atoms with Crippen molar-refractivity contribution in [3.8, 4) is 16.5 Å². The first-order valence-electron chi connectivity index (χ1n) is 8.67. The Hall–Kier alpha value is -3.16. The summed E-state index contributed by atoms with van der Waals surface area (Å²) in [5, 5.41) is 8.92. The van der Waals surface area contributed by atoms with Crippen LogP contribution in [0.25, 0.3) is 10.4 Å². The van der Waals surface area contributed by atoms with Crippen molar-refractivity contribution >= 4 is 27.0 Å². The molecule has 0 aliphatic carbocycles. The number of nitrogens with two attached hydrogens (primary N) is 1. The number of amidine groups is 1. The van der Waals surface area contributed by atoms with Crippen molar-refractivity contribution in [3.05, 3.63) is 71.4 Å². The highest BCUT2D eigenvalue weighted by molar-refractivity contribution is 7.90. The van der Waals surface area contributed by atoms with E-state index in [0.717, 1.165) is 17.6 Å². The summed E-state index contributed by atoms with van der Waals surface area (Å²) in [5.74, 6) is -0.725. The topological polar surface area (TPSA) is 122 Å². The fourth-order valence-corrected chi connectivity index (χ4v) is 4.38. The minimum absolute atomic E-state index is 0.172. The van der Waals surface area contributed by atoms with Crippen LogP contribution in [0, 0.1) is 17.1 Å². The number of sulfone groups is 1. The monoisotopic (exact) mass is 445 g/mol. The quantitative estimate of drug-likeness (QED) is 0.475. The molecule has 1 atom stereocenters. The third kappa shape index (κ3) is 7.35. The van der Waals surface area contributed by atoms with Gasteiger partial charge in [0.05, 0.1) is 22.0 Å². The molecule has 0 aliphatic rings. The fourth-order valence-electron chi connectivity index (χ4n) is 2.40. The number of thiophene rings is 1. The van der Waals surface area contributed by atoms with Crippen molar-refractivity contribution in [1.82, 2.24) is 9.97 Å². The predicted octanol–water partition coefficient (Wildman–Crippen LogP) is 3.37. The zero-order valence-electron chi connectivity index (χ0n) is 16.4. The maximum Gasteiger partial charge on any atom is 0.149 e. The molecule has 0 amide bonds. The van der Waals surface area contributed by atoms with Crippen LogP contribution in [0.5, 0.6) is 0 Å². The molecule has 0 fully saturated rings. The zero-order chi connectivity index (χ0) is 22.1. The van der Waals surface area contributed by atoms with Gasteiger partial charge in [-0.15, -0.1) is 11.3 Å². The van der Waals surface area contributed by atoms with Crippen molar-refractivity contribution in [2.24, 2.45) is 10.7 Å². The van der Waals surface area contributed by atoms with Gasteiger partial charge in [-0.3, -0.25) is 15.0 Å². The minimum atomic E-state index is -3.38. The molecule has 30 heavy (non-hydrogen) atoms. The Kier molecular flexibility index (Phi) is 8.15. The van der Waals surface area contributed by atoms with Gasteiger partial charge >= 0.3 is 0 Å². The second-order valence-electron chi connectivity index (χ2n) is 6.30. The van der Waals surface area contributed by atoms with E-state index in [-0.39, 0.29) is 16.5 Å². The average Bonchev–Trinajstić information content (AvgIpc) is 3.10. The third-order valence-electron chi connectivity index (χ3n) is 3.55. The first-order chi connectivity index (χ1) is 14.2. The number of aromatic nitrogens is 2. The Morgan fingerprint density at radius 3 is 2.47 bits per heavy atom. The molecule has 3 rings (SSSR count). The van der Waals surface area contributed by atoms with Crippen molar-refractivity contribution in [2.75, 3.05) is 12.0 Å². The van der Waals surface area contributed by atoms with Gasteiger partial charge in [0.1, 0.15) is 27.8 Å². The summed E-state index contributed by atoms with van der Waals surface area (Å²) in [6.07, 6.45) is 7.48. The van der Waals surface area contributed by atoms with Gasteiger partial charge in [-0.2, -0.15) is 5.26 Å². The molecule has 3 aromatic heterocycles. The van der Waals surface area contributed by atoms with Crippen LogP contribution in [0.4, 0.5) is 4.39 Å². The smallest absolute Gasteiger partial charge is 0.149 e. The van der Waals surface area contributed by atoms with Gasteiger partial charge in [0.2, 0.25) is 0 Å². The van der Waals surface area contributed by atoms with E-state index in [1.165, 1.54) is 25.4 Å². The minimum Gasteiger partial charge on any atom is -0.388 e. The van der Waals surface area contributed by atoms with Gasteiger partial charge in [-0.25, -0.2) is 12.8 Å². The summed E-state index contributed by atoms with van der Waals surface area (Å²) in [7, 11) is -3.38. The van der Waals surface area contributed by atoms with Crippen LogP contribution < -0.4 is 5.73 Å². The molecule has 156 valence electrons. The molecule has 0 aromatic carbocycles. The molecule has 10 heteroatoms. The third-order valence-corrected chi connectivity index (χ3v) is 5.74. The number of nitriles is 1. The Labute approximate surface area is 178 Å². The molecule has 2 N–H and O–H groups in total. The molecule has 0 saturated heterocycles. The van der Waals surface area contributed by atoms with Crippen LogP contribution in [0.15, 0.2) is 60.1 Å². The van der Waals surface area contributed by atoms with Gasteiger partial charge in [-0.1, -0.05) is 6.07 Å². The number of hydrogen-bond acceptors (Lipinski definition) is 7. The standard InChI is InChI=1S/C15H15FN4O2S2.C5H5N/c1-9(18)20-13(8-24(2,21)22)15-12(16)4-14(23-15)11-3-10(5-17)6-19-7-11;1-2-4-6-5-3-1/h3-4,6-7,13H,8H2,1-2H3,(H2,18,20);1-5H. The van der Waals surface area contributed by atoms with Gasteiger partial charge in [-0.05, 0) is 31.2 Å². The predicted molar refractivity (Wildman–Crippen MR) is 116 cm³/mol. The van der Waals surface area contributed by atoms with Crippen molar-refractivity contribution in [3.63, 3.8) is 0 Å². The summed E-state index contributed by atoms with van der Waals surface area (Å²) in [4.78, 5) is 12.5. The molecule has 1 unspecified atom stereocenters. The SMILES string of the molecule is CC(N)=NC(CS(C)(=O)=O)c1sc(-c2cncc(C#N)c2)cc1F.c1ccncc1. The normalized spacial score (nSPS) is 12.4. The second kappa shape index (κ2) is 10.6. The van der Waals surface area contributed by atoms with Crippen molar-refractivity contribution in [1.29, 1.82) is 5.26 Å². The Morgan fingerprint density at radius 1 is 1.27 bits per heavy atom. The maximum absolute atomic E-state index is 14.4. The summed E-state index contributed by atoms with van der Waals surface area (Å²) in [5.41, 5.74) is 6.48. The van der Waals surface area contributed by atoms with Gasteiger partial charge < -0.3 is 5.73 Å². The highest BCUT2D eigenvalue weighted by Crippen LogP contribution is 2.36. The van der Waals surface area contributed by atoms with Crippen molar-refractivity contribution < 1.29 is 12.8 Å². The zero-order valence-corrected chi connectivity index (χ0v) is 18.0. The molecule has 0 aliphatic heterocycles. The summed E-state index contributed by atoms with van der Waals surface area (Å²) < 4.78 is 37.6. The summed E-state index contributed by atoms with van der Waals surface area (Å²) in [6.45, 7) is 1.52. The molecule has 3 heterocycles. The maximum atomic E-state index is 14.4. The number of halogens is 1. The average molecular weight is 446 g/mol. The number of pyridine rings is 2. The second-order valence-corrected chi connectivity index (χ2v) is 9.57. The van der Waals surface area contributed by atoms with Crippen LogP contribution >= 0.6 is 11.3 Å². The van der Waals surface area contributed by atoms with E-state index >= 15 is 0 Å². The lowest BCUT2D eigenvalue weighted by Gasteiger charge is -2.10. The van der Waals surface area contributed by atoms with E-state index in [4.69, 9.17) is 11.0 Å². The number of aliphatic imine (C=N–C) groups is 1. The lowest BCUT2D eigenvalue weighted by molar-refractivity contribution is 0.585. The Bertz CT molecular complexity index is 1120. The van der Waals surface area contributed by atoms with Crippen LogP contribution in [0.2, 0.25) is 0 Å². The van der Waals surface area contributed by atoms with Crippen LogP contribution in [0.3, 0.4) is 0 Å². The highest BCUT2D eigenvalue weighted by Gasteiger charge is 2.23. The molecule has 7 nitrogen and oxygen atoms in total. The first kappa shape index (κ1) is 23.1. The van der Waals surface area contributed by atoms with Crippen LogP contribution in [-0.4, -0.2) is 36.2 Å².